The van der Waals surface area contributed by atoms with E-state index in [1.807, 2.05) is 18.4 Å². The highest BCUT2D eigenvalue weighted by atomic mass is 32.1. The minimum atomic E-state index is -0.0929. The SMILES string of the molecule is CCOC(=O)CC1C[C@H]2C(Nc3nc(Nc4cc(C5CC5)[nH]n4)c4sccc4n3)N2C1. The molecule has 3 aromatic heterocycles. The Balaban J connectivity index is 1.13. The molecule has 9 nitrogen and oxygen atoms in total. The van der Waals surface area contributed by atoms with Crippen LogP contribution in [-0.2, 0) is 9.53 Å². The van der Waals surface area contributed by atoms with Crippen molar-refractivity contribution in [3.8, 4) is 0 Å². The molecule has 1 aliphatic carbocycles. The summed E-state index contributed by atoms with van der Waals surface area (Å²) in [6, 6.07) is 4.53. The Labute approximate surface area is 183 Å². The molecule has 5 heterocycles. The van der Waals surface area contributed by atoms with Crippen LogP contribution in [0.4, 0.5) is 17.6 Å². The second kappa shape index (κ2) is 7.45. The van der Waals surface area contributed by atoms with Crippen LogP contribution in [0.1, 0.15) is 44.2 Å². The second-order valence-electron chi connectivity index (χ2n) is 8.60. The summed E-state index contributed by atoms with van der Waals surface area (Å²) in [6.07, 6.45) is 4.20. The fourth-order valence-corrected chi connectivity index (χ4v) is 5.39. The maximum absolute atomic E-state index is 11.7. The molecule has 0 spiro atoms. The molecule has 1 saturated carbocycles. The van der Waals surface area contributed by atoms with Gasteiger partial charge in [0.25, 0.3) is 0 Å². The molecule has 162 valence electrons. The van der Waals surface area contributed by atoms with Gasteiger partial charge in [0.2, 0.25) is 5.95 Å². The van der Waals surface area contributed by atoms with E-state index < -0.39 is 0 Å². The summed E-state index contributed by atoms with van der Waals surface area (Å²) < 4.78 is 6.10. The zero-order valence-corrected chi connectivity index (χ0v) is 18.1. The number of H-pyrrole nitrogens is 1. The topological polar surface area (TPSA) is 108 Å². The van der Waals surface area contributed by atoms with Crippen LogP contribution in [0.15, 0.2) is 17.5 Å². The molecule has 10 heteroatoms. The molecule has 0 radical (unpaired) electrons. The van der Waals surface area contributed by atoms with Crippen molar-refractivity contribution in [2.24, 2.45) is 5.92 Å². The molecule has 31 heavy (non-hydrogen) atoms. The molecule has 3 N–H and O–H groups in total. The van der Waals surface area contributed by atoms with Crippen LogP contribution in [0.5, 0.6) is 0 Å². The van der Waals surface area contributed by atoms with Crippen molar-refractivity contribution in [3.05, 3.63) is 23.2 Å². The molecule has 3 unspecified atom stereocenters. The zero-order chi connectivity index (χ0) is 20.9. The zero-order valence-electron chi connectivity index (χ0n) is 17.3. The van der Waals surface area contributed by atoms with Gasteiger partial charge in [0.1, 0.15) is 0 Å². The van der Waals surface area contributed by atoms with Gasteiger partial charge in [-0.2, -0.15) is 10.1 Å². The molecule has 3 aromatic rings. The number of nitrogens with one attached hydrogen (secondary N) is 3. The first-order chi connectivity index (χ1) is 15.2. The number of fused-ring (bicyclic) bond motifs is 2. The van der Waals surface area contributed by atoms with Gasteiger partial charge in [-0.05, 0) is 43.6 Å². The number of nitrogens with zero attached hydrogens (tertiary/aromatic N) is 4. The third-order valence-corrected chi connectivity index (χ3v) is 7.21. The summed E-state index contributed by atoms with van der Waals surface area (Å²) in [7, 11) is 0. The molecule has 3 aliphatic rings. The predicted octanol–water partition coefficient (Wildman–Crippen LogP) is 3.43. The van der Waals surface area contributed by atoms with Gasteiger partial charge >= 0.3 is 5.97 Å². The highest BCUT2D eigenvalue weighted by Gasteiger charge is 2.54. The summed E-state index contributed by atoms with van der Waals surface area (Å²) in [6.45, 7) is 3.20. The monoisotopic (exact) mass is 439 g/mol. The van der Waals surface area contributed by atoms with Gasteiger partial charge in [-0.25, -0.2) is 4.98 Å². The molecular weight excluding hydrogens is 414 g/mol. The molecule has 4 atom stereocenters. The number of rotatable bonds is 8. The molecule has 0 aromatic carbocycles. The van der Waals surface area contributed by atoms with Crippen LogP contribution in [0.3, 0.4) is 0 Å². The second-order valence-corrected chi connectivity index (χ2v) is 9.52. The summed E-state index contributed by atoms with van der Waals surface area (Å²) in [4.78, 5) is 23.6. The van der Waals surface area contributed by atoms with Crippen molar-refractivity contribution >= 4 is 45.1 Å². The summed E-state index contributed by atoms with van der Waals surface area (Å²) >= 11 is 1.62. The van der Waals surface area contributed by atoms with Crippen molar-refractivity contribution < 1.29 is 9.53 Å². The standard InChI is InChI=1S/C21H25N7O2S/c1-2-30-17(29)8-11-7-15-20(28(15)10-11)25-21-22-13-5-6-31-18(13)19(24-21)23-16-9-14(26-27-16)12-3-4-12/h5-6,9,11-12,15,20H,2-4,7-8,10H2,1H3,(H3,22,23,24,25,26,27)/t11?,15-,20?,28?/m0/s1. The number of thiophene rings is 1. The van der Waals surface area contributed by atoms with Crippen LogP contribution in [0, 0.1) is 5.92 Å². The molecule has 2 aliphatic heterocycles. The van der Waals surface area contributed by atoms with E-state index in [4.69, 9.17) is 14.7 Å². The predicted molar refractivity (Wildman–Crippen MR) is 119 cm³/mol. The first-order valence-corrected chi connectivity index (χ1v) is 11.8. The molecular formula is C21H25N7O2S. The van der Waals surface area contributed by atoms with Crippen LogP contribution < -0.4 is 10.6 Å². The minimum Gasteiger partial charge on any atom is -0.466 e. The van der Waals surface area contributed by atoms with Gasteiger partial charge in [-0.1, -0.05) is 0 Å². The molecule has 6 rings (SSSR count). The highest BCUT2D eigenvalue weighted by molar-refractivity contribution is 7.17. The number of hydrogen-bond acceptors (Lipinski definition) is 9. The van der Waals surface area contributed by atoms with Gasteiger partial charge in [-0.3, -0.25) is 14.8 Å². The van der Waals surface area contributed by atoms with Crippen LogP contribution in [0.25, 0.3) is 10.2 Å². The summed E-state index contributed by atoms with van der Waals surface area (Å²) in [5.74, 6) is 3.09. The van der Waals surface area contributed by atoms with E-state index >= 15 is 0 Å². The van der Waals surface area contributed by atoms with E-state index in [2.05, 4.69) is 31.8 Å². The van der Waals surface area contributed by atoms with E-state index in [0.717, 1.165) is 34.8 Å². The number of anilines is 3. The third kappa shape index (κ3) is 3.74. The summed E-state index contributed by atoms with van der Waals surface area (Å²) in [5, 5.41) is 16.4. The number of carbonyl (C=O) groups excluding carboxylic acids is 1. The Morgan fingerprint density at radius 3 is 3.06 bits per heavy atom. The van der Waals surface area contributed by atoms with Crippen LogP contribution in [-0.4, -0.2) is 56.4 Å². The van der Waals surface area contributed by atoms with Gasteiger partial charge in [0.05, 0.1) is 23.0 Å². The maximum Gasteiger partial charge on any atom is 0.306 e. The molecule has 3 fully saturated rings. The lowest BCUT2D eigenvalue weighted by Crippen LogP contribution is -2.22. The quantitative estimate of drug-likeness (QED) is 0.362. The number of piperidine rings is 1. The normalized spacial score (nSPS) is 26.6. The van der Waals surface area contributed by atoms with E-state index in [1.165, 1.54) is 18.5 Å². The number of aromatic amines is 1. The maximum atomic E-state index is 11.7. The fraction of sp³-hybridized carbons (Fsp3) is 0.524. The van der Waals surface area contributed by atoms with Crippen molar-refractivity contribution in [2.75, 3.05) is 23.8 Å². The van der Waals surface area contributed by atoms with Gasteiger partial charge in [0, 0.05) is 36.7 Å². The smallest absolute Gasteiger partial charge is 0.306 e. The average molecular weight is 440 g/mol. The number of aromatic nitrogens is 4. The highest BCUT2D eigenvalue weighted by Crippen LogP contribution is 2.43. The number of hydrogen-bond donors (Lipinski definition) is 3. The van der Waals surface area contributed by atoms with E-state index in [9.17, 15) is 4.79 Å². The Morgan fingerprint density at radius 2 is 2.29 bits per heavy atom. The van der Waals surface area contributed by atoms with E-state index in [-0.39, 0.29) is 12.1 Å². The Bertz CT molecular complexity index is 1110. The van der Waals surface area contributed by atoms with Crippen LogP contribution >= 0.6 is 11.3 Å². The Morgan fingerprint density at radius 1 is 1.39 bits per heavy atom. The first kappa shape index (κ1) is 19.0. The van der Waals surface area contributed by atoms with Crippen LogP contribution in [0.2, 0.25) is 0 Å². The van der Waals surface area contributed by atoms with Gasteiger partial charge < -0.3 is 15.4 Å². The fourth-order valence-electron chi connectivity index (χ4n) is 4.61. The Kier molecular flexibility index (Phi) is 4.57. The number of esters is 1. The molecule has 2 saturated heterocycles. The van der Waals surface area contributed by atoms with E-state index in [1.54, 1.807) is 11.3 Å². The van der Waals surface area contributed by atoms with Gasteiger partial charge in [0.15, 0.2) is 11.6 Å². The lowest BCUT2D eigenvalue weighted by Gasteiger charge is -2.14. The van der Waals surface area contributed by atoms with E-state index in [0.29, 0.717) is 36.9 Å². The van der Waals surface area contributed by atoms with Crippen molar-refractivity contribution in [2.45, 2.75) is 50.7 Å². The number of ether oxygens (including phenoxy) is 1. The largest absolute Gasteiger partial charge is 0.466 e. The third-order valence-electron chi connectivity index (χ3n) is 6.30. The Hall–Kier alpha value is -2.72. The van der Waals surface area contributed by atoms with Crippen molar-refractivity contribution in [1.82, 2.24) is 25.1 Å². The average Bonchev–Trinajstić information content (AvgIpc) is 3.45. The number of carbonyl (C=O) groups is 1. The van der Waals surface area contributed by atoms with Crippen molar-refractivity contribution in [3.63, 3.8) is 0 Å². The first-order valence-electron chi connectivity index (χ1n) is 10.9. The lowest BCUT2D eigenvalue weighted by atomic mass is 10.0. The lowest BCUT2D eigenvalue weighted by molar-refractivity contribution is -0.144. The summed E-state index contributed by atoms with van der Waals surface area (Å²) in [5.41, 5.74) is 2.11. The molecule has 0 amide bonds. The van der Waals surface area contributed by atoms with Gasteiger partial charge in [-0.15, -0.1) is 11.3 Å². The molecule has 0 bridgehead atoms. The van der Waals surface area contributed by atoms with Crippen molar-refractivity contribution in [1.29, 1.82) is 0 Å². The minimum absolute atomic E-state index is 0.0929.